The number of benzene rings is 9. The van der Waals surface area contributed by atoms with Crippen LogP contribution in [0.25, 0.3) is 106 Å². The van der Waals surface area contributed by atoms with Crippen molar-refractivity contribution >= 4 is 21.8 Å². The molecule has 1 aliphatic carbocycles. The summed E-state index contributed by atoms with van der Waals surface area (Å²) in [6.07, 6.45) is 0. The molecule has 0 bridgehead atoms. The third kappa shape index (κ3) is 6.34. The van der Waals surface area contributed by atoms with Crippen LogP contribution in [0, 0.1) is 0 Å². The number of hydrogen-bond donors (Lipinski definition) is 0. The standard InChI is InChI=1S/C60H42N4/c1-60(2)53-22-11-9-20-49(53)50-34-32-45(37-54(50)60)41-24-26-42(27-25-41)46-33-35-52-51-21-10-12-23-55(51)64(56(52)38-46)48-19-13-18-47(36-48)59-62-57(43-16-7-4-8-17-43)61-58(63-59)44-30-28-40(29-31-44)39-14-5-3-6-15-39/h3-38H,1-2H3. The van der Waals surface area contributed by atoms with E-state index in [1.807, 2.05) is 36.4 Å². The van der Waals surface area contributed by atoms with E-state index in [2.05, 4.69) is 200 Å². The molecular formula is C60H42N4. The molecule has 0 atom stereocenters. The van der Waals surface area contributed by atoms with Gasteiger partial charge in [-0.3, -0.25) is 0 Å². The van der Waals surface area contributed by atoms with E-state index in [0.29, 0.717) is 17.5 Å². The van der Waals surface area contributed by atoms with E-state index < -0.39 is 0 Å². The lowest BCUT2D eigenvalue weighted by Gasteiger charge is -2.22. The minimum atomic E-state index is -0.0372. The average molecular weight is 819 g/mol. The topological polar surface area (TPSA) is 43.6 Å². The molecule has 2 heterocycles. The van der Waals surface area contributed by atoms with Gasteiger partial charge in [0.05, 0.1) is 11.0 Å². The van der Waals surface area contributed by atoms with Crippen molar-refractivity contribution in [1.29, 1.82) is 0 Å². The fourth-order valence-corrected chi connectivity index (χ4v) is 9.74. The molecule has 4 nitrogen and oxygen atoms in total. The van der Waals surface area contributed by atoms with Gasteiger partial charge in [-0.15, -0.1) is 0 Å². The first kappa shape index (κ1) is 37.5. The molecule has 0 aliphatic heterocycles. The number of hydrogen-bond acceptors (Lipinski definition) is 3. The van der Waals surface area contributed by atoms with E-state index in [0.717, 1.165) is 44.5 Å². The number of fused-ring (bicyclic) bond motifs is 6. The molecule has 0 radical (unpaired) electrons. The highest BCUT2D eigenvalue weighted by Crippen LogP contribution is 2.49. The molecule has 0 unspecified atom stereocenters. The van der Waals surface area contributed by atoms with Crippen molar-refractivity contribution in [1.82, 2.24) is 19.5 Å². The van der Waals surface area contributed by atoms with E-state index in [9.17, 15) is 0 Å². The summed E-state index contributed by atoms with van der Waals surface area (Å²) in [4.78, 5) is 15.2. The monoisotopic (exact) mass is 818 g/mol. The van der Waals surface area contributed by atoms with Gasteiger partial charge < -0.3 is 4.57 Å². The van der Waals surface area contributed by atoms with Gasteiger partial charge >= 0.3 is 0 Å². The summed E-state index contributed by atoms with van der Waals surface area (Å²) in [6, 6.07) is 78.0. The quantitative estimate of drug-likeness (QED) is 0.161. The molecule has 11 aromatic rings. The van der Waals surface area contributed by atoms with Gasteiger partial charge in [0.15, 0.2) is 17.5 Å². The maximum Gasteiger partial charge on any atom is 0.164 e. The number of para-hydroxylation sites is 1. The normalized spacial score (nSPS) is 12.7. The van der Waals surface area contributed by atoms with Crippen LogP contribution >= 0.6 is 0 Å². The van der Waals surface area contributed by atoms with Gasteiger partial charge in [0, 0.05) is 38.6 Å². The smallest absolute Gasteiger partial charge is 0.164 e. The molecular weight excluding hydrogens is 777 g/mol. The van der Waals surface area contributed by atoms with E-state index in [1.54, 1.807) is 0 Å². The maximum atomic E-state index is 5.13. The van der Waals surface area contributed by atoms with Crippen LogP contribution in [0.15, 0.2) is 218 Å². The van der Waals surface area contributed by atoms with Crippen LogP contribution in [0.1, 0.15) is 25.0 Å². The lowest BCUT2D eigenvalue weighted by Crippen LogP contribution is -2.14. The predicted molar refractivity (Wildman–Crippen MR) is 264 cm³/mol. The summed E-state index contributed by atoms with van der Waals surface area (Å²) in [5.41, 5.74) is 18.7. The van der Waals surface area contributed by atoms with E-state index in [1.165, 1.54) is 55.3 Å². The molecule has 0 fully saturated rings. The van der Waals surface area contributed by atoms with Gasteiger partial charge in [-0.1, -0.05) is 202 Å². The summed E-state index contributed by atoms with van der Waals surface area (Å²) in [6.45, 7) is 4.68. The summed E-state index contributed by atoms with van der Waals surface area (Å²) in [5, 5.41) is 2.41. The van der Waals surface area contributed by atoms with Crippen molar-refractivity contribution in [3.05, 3.63) is 230 Å². The van der Waals surface area contributed by atoms with Crippen LogP contribution in [0.2, 0.25) is 0 Å². The number of nitrogens with zero attached hydrogens (tertiary/aromatic N) is 4. The molecule has 0 saturated heterocycles. The van der Waals surface area contributed by atoms with Gasteiger partial charge in [0.1, 0.15) is 0 Å². The lowest BCUT2D eigenvalue weighted by atomic mass is 9.81. The molecule has 4 heteroatoms. The largest absolute Gasteiger partial charge is 0.309 e. The highest BCUT2D eigenvalue weighted by Gasteiger charge is 2.35. The third-order valence-electron chi connectivity index (χ3n) is 13.1. The molecule has 0 spiro atoms. The van der Waals surface area contributed by atoms with Crippen LogP contribution in [0.4, 0.5) is 0 Å². The first-order valence-electron chi connectivity index (χ1n) is 21.9. The van der Waals surface area contributed by atoms with Gasteiger partial charge in [-0.2, -0.15) is 0 Å². The van der Waals surface area contributed by atoms with Gasteiger partial charge in [-0.05, 0) is 86.0 Å². The van der Waals surface area contributed by atoms with Crippen LogP contribution in [-0.4, -0.2) is 19.5 Å². The zero-order chi connectivity index (χ0) is 42.8. The number of aromatic nitrogens is 4. The van der Waals surface area contributed by atoms with Crippen LogP contribution < -0.4 is 0 Å². The van der Waals surface area contributed by atoms with E-state index >= 15 is 0 Å². The van der Waals surface area contributed by atoms with Gasteiger partial charge in [-0.25, -0.2) is 15.0 Å². The highest BCUT2D eigenvalue weighted by atomic mass is 15.0. The lowest BCUT2D eigenvalue weighted by molar-refractivity contribution is 0.660. The fraction of sp³-hybridized carbons (Fsp3) is 0.0500. The maximum absolute atomic E-state index is 5.13. The second-order valence-corrected chi connectivity index (χ2v) is 17.3. The van der Waals surface area contributed by atoms with Crippen molar-refractivity contribution in [3.63, 3.8) is 0 Å². The van der Waals surface area contributed by atoms with Crippen molar-refractivity contribution in [2.24, 2.45) is 0 Å². The van der Waals surface area contributed by atoms with Gasteiger partial charge in [0.2, 0.25) is 0 Å². The molecule has 9 aromatic carbocycles. The molecule has 302 valence electrons. The van der Waals surface area contributed by atoms with Crippen molar-refractivity contribution < 1.29 is 0 Å². The summed E-state index contributed by atoms with van der Waals surface area (Å²) in [5.74, 6) is 1.89. The average Bonchev–Trinajstić information content (AvgIpc) is 3.82. The molecule has 64 heavy (non-hydrogen) atoms. The minimum Gasteiger partial charge on any atom is -0.309 e. The molecule has 2 aromatic heterocycles. The van der Waals surface area contributed by atoms with Gasteiger partial charge in [0.25, 0.3) is 0 Å². The Balaban J connectivity index is 0.924. The SMILES string of the molecule is CC1(C)c2ccccc2-c2ccc(-c3ccc(-c4ccc5c6ccccc6n(-c6cccc(-c7nc(-c8ccccc8)nc(-c8ccc(-c9ccccc9)cc8)n7)c6)c5c4)cc3)cc21. The summed E-state index contributed by atoms with van der Waals surface area (Å²) >= 11 is 0. The Morgan fingerprint density at radius 3 is 1.50 bits per heavy atom. The fourth-order valence-electron chi connectivity index (χ4n) is 9.74. The Kier molecular flexibility index (Phi) is 8.80. The molecule has 12 rings (SSSR count). The first-order valence-corrected chi connectivity index (χ1v) is 21.9. The van der Waals surface area contributed by atoms with E-state index in [4.69, 9.17) is 15.0 Å². The second kappa shape index (κ2) is 15.0. The Morgan fingerprint density at radius 2 is 0.781 bits per heavy atom. The zero-order valence-corrected chi connectivity index (χ0v) is 35.6. The molecule has 0 amide bonds. The molecule has 1 aliphatic rings. The van der Waals surface area contributed by atoms with Crippen LogP contribution in [-0.2, 0) is 5.41 Å². The Hall–Kier alpha value is -8.21. The van der Waals surface area contributed by atoms with Crippen molar-refractivity contribution in [3.8, 4) is 84.4 Å². The third-order valence-corrected chi connectivity index (χ3v) is 13.1. The van der Waals surface area contributed by atoms with E-state index in [-0.39, 0.29) is 5.41 Å². The number of rotatable bonds is 7. The summed E-state index contributed by atoms with van der Waals surface area (Å²) in [7, 11) is 0. The van der Waals surface area contributed by atoms with Crippen molar-refractivity contribution in [2.75, 3.05) is 0 Å². The zero-order valence-electron chi connectivity index (χ0n) is 35.6. The Bertz CT molecular complexity index is 3550. The molecule has 0 N–H and O–H groups in total. The summed E-state index contributed by atoms with van der Waals surface area (Å²) < 4.78 is 2.37. The Morgan fingerprint density at radius 1 is 0.312 bits per heavy atom. The predicted octanol–water partition coefficient (Wildman–Crippen LogP) is 15.3. The van der Waals surface area contributed by atoms with Crippen LogP contribution in [0.5, 0.6) is 0 Å². The minimum absolute atomic E-state index is 0.0372. The second-order valence-electron chi connectivity index (χ2n) is 17.3. The Labute approximate surface area is 372 Å². The highest BCUT2D eigenvalue weighted by molar-refractivity contribution is 6.10. The first-order chi connectivity index (χ1) is 31.5. The van der Waals surface area contributed by atoms with Crippen LogP contribution in [0.3, 0.4) is 0 Å². The van der Waals surface area contributed by atoms with Crippen molar-refractivity contribution in [2.45, 2.75) is 19.3 Å². The molecule has 0 saturated carbocycles.